The Hall–Kier alpha value is -2.70. The van der Waals surface area contributed by atoms with Gasteiger partial charge in [-0.25, -0.2) is 0 Å². The molecule has 0 atom stereocenters. The van der Waals surface area contributed by atoms with E-state index in [2.05, 4.69) is 82.6 Å². The summed E-state index contributed by atoms with van der Waals surface area (Å²) in [7, 11) is 0. The van der Waals surface area contributed by atoms with Crippen LogP contribution in [-0.2, 0) is 13.1 Å². The second kappa shape index (κ2) is 9.41. The second-order valence-electron chi connectivity index (χ2n) is 8.03. The Balaban J connectivity index is 1.26. The van der Waals surface area contributed by atoms with E-state index < -0.39 is 0 Å². The van der Waals surface area contributed by atoms with Crippen LogP contribution in [0.1, 0.15) is 22.3 Å². The van der Waals surface area contributed by atoms with Crippen LogP contribution < -0.4 is 5.32 Å². The van der Waals surface area contributed by atoms with Crippen LogP contribution in [0.3, 0.4) is 0 Å². The quantitative estimate of drug-likeness (QED) is 0.631. The van der Waals surface area contributed by atoms with Gasteiger partial charge >= 0.3 is 0 Å². The fourth-order valence-corrected chi connectivity index (χ4v) is 4.04. The fraction of sp³-hybridized carbons (Fsp3) is 0.333. The number of rotatable bonds is 5. The lowest BCUT2D eigenvalue weighted by molar-refractivity contribution is 0.176. The van der Waals surface area contributed by atoms with E-state index in [4.69, 9.17) is 12.2 Å². The van der Waals surface area contributed by atoms with Gasteiger partial charge in [0, 0.05) is 38.9 Å². The summed E-state index contributed by atoms with van der Waals surface area (Å²) < 4.78 is 1.94. The molecule has 0 spiro atoms. The third-order valence-corrected chi connectivity index (χ3v) is 6.02. The first-order valence-corrected chi connectivity index (χ1v) is 10.9. The van der Waals surface area contributed by atoms with Crippen molar-refractivity contribution >= 4 is 23.0 Å². The molecule has 2 aromatic carbocycles. The highest BCUT2D eigenvalue weighted by Gasteiger charge is 2.19. The van der Waals surface area contributed by atoms with E-state index in [-0.39, 0.29) is 0 Å². The molecule has 4 rings (SSSR count). The number of thiocarbonyl (C=S) groups is 1. The summed E-state index contributed by atoms with van der Waals surface area (Å²) in [5, 5.41) is 8.60. The number of nitrogens with zero attached hydrogens (tertiary/aromatic N) is 4. The van der Waals surface area contributed by atoms with Crippen LogP contribution in [0, 0.1) is 13.8 Å². The number of benzene rings is 2. The maximum Gasteiger partial charge on any atom is 0.173 e. The van der Waals surface area contributed by atoms with Crippen molar-refractivity contribution in [3.05, 3.63) is 83.2 Å². The van der Waals surface area contributed by atoms with Gasteiger partial charge in [-0.1, -0.05) is 54.1 Å². The minimum atomic E-state index is 0.756. The molecule has 0 unspecified atom stereocenters. The summed E-state index contributed by atoms with van der Waals surface area (Å²) in [6, 6.07) is 17.2. The lowest BCUT2D eigenvalue weighted by Crippen LogP contribution is -2.49. The van der Waals surface area contributed by atoms with Crippen LogP contribution >= 0.6 is 12.2 Å². The first-order chi connectivity index (χ1) is 14.6. The van der Waals surface area contributed by atoms with Crippen LogP contribution in [-0.4, -0.2) is 50.9 Å². The molecule has 1 aromatic heterocycles. The van der Waals surface area contributed by atoms with E-state index in [1.807, 2.05) is 17.1 Å². The fourth-order valence-electron chi connectivity index (χ4n) is 3.74. The average molecular weight is 420 g/mol. The second-order valence-corrected chi connectivity index (χ2v) is 8.42. The summed E-state index contributed by atoms with van der Waals surface area (Å²) in [4.78, 5) is 4.75. The Morgan fingerprint density at radius 3 is 2.43 bits per heavy atom. The number of nitrogens with one attached hydrogen (secondary N) is 1. The third-order valence-electron chi connectivity index (χ3n) is 5.66. The maximum atomic E-state index is 5.66. The summed E-state index contributed by atoms with van der Waals surface area (Å²) >= 11 is 5.66. The van der Waals surface area contributed by atoms with Crippen LogP contribution in [0.25, 0.3) is 0 Å². The molecule has 1 fully saturated rings. The molecule has 0 radical (unpaired) electrons. The van der Waals surface area contributed by atoms with Gasteiger partial charge in [-0.15, -0.1) is 0 Å². The van der Waals surface area contributed by atoms with E-state index in [0.717, 1.165) is 50.1 Å². The molecule has 0 bridgehead atoms. The number of hydrogen-bond acceptors (Lipinski definition) is 3. The van der Waals surface area contributed by atoms with Crippen LogP contribution in [0.4, 0.5) is 5.69 Å². The van der Waals surface area contributed by atoms with E-state index in [1.165, 1.54) is 22.3 Å². The zero-order valence-corrected chi connectivity index (χ0v) is 18.5. The Bertz CT molecular complexity index is 987. The van der Waals surface area contributed by atoms with E-state index in [9.17, 15) is 0 Å². The van der Waals surface area contributed by atoms with Gasteiger partial charge in [-0.2, -0.15) is 5.10 Å². The molecule has 0 aliphatic carbocycles. The lowest BCUT2D eigenvalue weighted by Gasteiger charge is -2.36. The topological polar surface area (TPSA) is 36.3 Å². The molecule has 1 aliphatic rings. The van der Waals surface area contributed by atoms with Crippen molar-refractivity contribution < 1.29 is 0 Å². The zero-order valence-electron chi connectivity index (χ0n) is 17.7. The zero-order chi connectivity index (χ0) is 20.9. The Morgan fingerprint density at radius 2 is 1.70 bits per heavy atom. The highest BCUT2D eigenvalue weighted by atomic mass is 32.1. The van der Waals surface area contributed by atoms with Gasteiger partial charge in [0.2, 0.25) is 0 Å². The Morgan fingerprint density at radius 1 is 0.967 bits per heavy atom. The highest BCUT2D eigenvalue weighted by Crippen LogP contribution is 2.14. The van der Waals surface area contributed by atoms with Crippen LogP contribution in [0.2, 0.25) is 0 Å². The number of aromatic nitrogens is 2. The van der Waals surface area contributed by atoms with E-state index >= 15 is 0 Å². The lowest BCUT2D eigenvalue weighted by atomic mass is 10.1. The largest absolute Gasteiger partial charge is 0.346 e. The molecule has 5 nitrogen and oxygen atoms in total. The molecule has 156 valence electrons. The molecule has 1 aliphatic heterocycles. The van der Waals surface area contributed by atoms with E-state index in [1.54, 1.807) is 0 Å². The van der Waals surface area contributed by atoms with Crippen LogP contribution in [0.15, 0.2) is 60.9 Å². The summed E-state index contributed by atoms with van der Waals surface area (Å²) in [6.07, 6.45) is 3.86. The standard InChI is InChI=1S/C24H29N5S/c1-19-7-9-21(10-8-19)16-29-18-23(15-25-29)26-24(30)28-13-11-27(12-14-28)17-22-6-4-3-5-20(22)2/h3-10,15,18H,11-14,16-17H2,1-2H3,(H,26,30). The summed E-state index contributed by atoms with van der Waals surface area (Å²) in [5.41, 5.74) is 6.22. The number of aryl methyl sites for hydroxylation is 2. The molecule has 2 heterocycles. The smallest absolute Gasteiger partial charge is 0.173 e. The normalized spacial score (nSPS) is 14.7. The molecule has 30 heavy (non-hydrogen) atoms. The predicted octanol–water partition coefficient (Wildman–Crippen LogP) is 4.06. The van der Waals surface area contributed by atoms with Crippen LogP contribution in [0.5, 0.6) is 0 Å². The molecule has 0 amide bonds. The van der Waals surface area contributed by atoms with Gasteiger partial charge in [0.15, 0.2) is 5.11 Å². The molecule has 6 heteroatoms. The van der Waals surface area contributed by atoms with Crippen molar-refractivity contribution in [1.82, 2.24) is 19.6 Å². The average Bonchev–Trinajstić information content (AvgIpc) is 3.18. The summed E-state index contributed by atoms with van der Waals surface area (Å²) in [6.45, 7) is 9.96. The molecular weight excluding hydrogens is 390 g/mol. The van der Waals surface area contributed by atoms with E-state index in [0.29, 0.717) is 0 Å². The monoisotopic (exact) mass is 419 g/mol. The SMILES string of the molecule is Cc1ccc(Cn2cc(NC(=S)N3CCN(Cc4ccccc4C)CC3)cn2)cc1. The molecule has 1 N–H and O–H groups in total. The van der Waals surface area contributed by atoms with Crippen molar-refractivity contribution in [1.29, 1.82) is 0 Å². The minimum absolute atomic E-state index is 0.756. The van der Waals surface area contributed by atoms with Gasteiger partial charge in [0.1, 0.15) is 0 Å². The van der Waals surface area contributed by atoms with Crippen molar-refractivity contribution in [2.45, 2.75) is 26.9 Å². The predicted molar refractivity (Wildman–Crippen MR) is 127 cm³/mol. The third kappa shape index (κ3) is 5.26. The molecular formula is C24H29N5S. The highest BCUT2D eigenvalue weighted by molar-refractivity contribution is 7.80. The van der Waals surface area contributed by atoms with Crippen molar-refractivity contribution in [3.63, 3.8) is 0 Å². The Labute approximate surface area is 184 Å². The number of piperazine rings is 1. The first kappa shape index (κ1) is 20.6. The van der Waals surface area contributed by atoms with Gasteiger partial charge in [-0.05, 0) is 42.8 Å². The van der Waals surface area contributed by atoms with Gasteiger partial charge in [0.05, 0.1) is 18.4 Å². The van der Waals surface area contributed by atoms with Crippen molar-refractivity contribution in [3.8, 4) is 0 Å². The molecule has 3 aromatic rings. The number of hydrogen-bond donors (Lipinski definition) is 1. The first-order valence-electron chi connectivity index (χ1n) is 10.5. The van der Waals surface area contributed by atoms with Crippen molar-refractivity contribution in [2.24, 2.45) is 0 Å². The minimum Gasteiger partial charge on any atom is -0.346 e. The van der Waals surface area contributed by atoms with Gasteiger partial charge in [0.25, 0.3) is 0 Å². The summed E-state index contributed by atoms with van der Waals surface area (Å²) in [5.74, 6) is 0. The van der Waals surface area contributed by atoms with Gasteiger partial charge in [-0.3, -0.25) is 9.58 Å². The number of anilines is 1. The maximum absolute atomic E-state index is 5.66. The molecule has 1 saturated heterocycles. The van der Waals surface area contributed by atoms with Gasteiger partial charge < -0.3 is 10.2 Å². The molecule has 0 saturated carbocycles. The Kier molecular flexibility index (Phi) is 6.45. The van der Waals surface area contributed by atoms with Crippen molar-refractivity contribution in [2.75, 3.05) is 31.5 Å².